The molecule has 1 aromatic carbocycles. The second-order valence-corrected chi connectivity index (χ2v) is 7.92. The van der Waals surface area contributed by atoms with Gasteiger partial charge in [0.15, 0.2) is 0 Å². The molecule has 1 fully saturated rings. The quantitative estimate of drug-likeness (QED) is 0.800. The third-order valence-electron chi connectivity index (χ3n) is 3.83. The zero-order chi connectivity index (χ0) is 15.6. The van der Waals surface area contributed by atoms with Crippen LogP contribution in [-0.4, -0.2) is 26.0 Å². The van der Waals surface area contributed by atoms with E-state index in [0.29, 0.717) is 22.5 Å². The summed E-state index contributed by atoms with van der Waals surface area (Å²) in [6.45, 7) is 2.06. The molecule has 21 heavy (non-hydrogen) atoms. The number of hydrogen-bond donors (Lipinski definition) is 2. The summed E-state index contributed by atoms with van der Waals surface area (Å²) in [5.74, 6) is -0.528. The average molecular weight is 376 g/mol. The number of rotatable bonds is 6. The van der Waals surface area contributed by atoms with E-state index in [1.807, 2.05) is 0 Å². The number of nitrogens with one attached hydrogen (secondary N) is 1. The molecule has 1 aliphatic rings. The lowest BCUT2D eigenvalue weighted by Crippen LogP contribution is -2.28. The Hall–Kier alpha value is -0.920. The van der Waals surface area contributed by atoms with Crippen LogP contribution in [0.3, 0.4) is 0 Å². The van der Waals surface area contributed by atoms with E-state index in [4.69, 9.17) is 5.11 Å². The highest BCUT2D eigenvalue weighted by atomic mass is 79.9. The molecule has 0 spiro atoms. The number of carboxylic acid groups (broad SMARTS) is 1. The van der Waals surface area contributed by atoms with Crippen LogP contribution in [-0.2, 0) is 10.0 Å². The second kappa shape index (κ2) is 6.46. The van der Waals surface area contributed by atoms with Crippen molar-refractivity contribution in [1.29, 1.82) is 0 Å². The smallest absolute Gasteiger partial charge is 0.335 e. The maximum atomic E-state index is 12.3. The monoisotopic (exact) mass is 375 g/mol. The Kier molecular flexibility index (Phi) is 5.06. The minimum atomic E-state index is -3.71. The minimum absolute atomic E-state index is 0.0199. The molecular weight excluding hydrogens is 358 g/mol. The van der Waals surface area contributed by atoms with Gasteiger partial charge in [-0.2, -0.15) is 0 Å². The van der Waals surface area contributed by atoms with Crippen LogP contribution in [0.5, 0.6) is 0 Å². The SMILES string of the molecule is Cc1cc(C(=O)O)cc(S(=O)(=O)NCCC2CCC2)c1Br. The van der Waals surface area contributed by atoms with Gasteiger partial charge in [-0.1, -0.05) is 19.3 Å². The zero-order valence-electron chi connectivity index (χ0n) is 11.7. The van der Waals surface area contributed by atoms with Crippen molar-refractivity contribution < 1.29 is 18.3 Å². The lowest BCUT2D eigenvalue weighted by Gasteiger charge is -2.25. The summed E-state index contributed by atoms with van der Waals surface area (Å²) in [5.41, 5.74) is 0.546. The van der Waals surface area contributed by atoms with Gasteiger partial charge in [0, 0.05) is 11.0 Å². The van der Waals surface area contributed by atoms with Gasteiger partial charge >= 0.3 is 5.97 Å². The van der Waals surface area contributed by atoms with Crippen LogP contribution in [0.4, 0.5) is 0 Å². The molecule has 0 unspecified atom stereocenters. The molecule has 5 nitrogen and oxygen atoms in total. The van der Waals surface area contributed by atoms with Gasteiger partial charge < -0.3 is 5.11 Å². The van der Waals surface area contributed by atoms with Crippen molar-refractivity contribution in [3.8, 4) is 0 Å². The third kappa shape index (κ3) is 3.84. The lowest BCUT2D eigenvalue weighted by molar-refractivity contribution is 0.0696. The number of hydrogen-bond acceptors (Lipinski definition) is 3. The molecule has 0 atom stereocenters. The van der Waals surface area contributed by atoms with Crippen LogP contribution in [0.1, 0.15) is 41.6 Å². The van der Waals surface area contributed by atoms with Gasteiger partial charge in [-0.05, 0) is 52.9 Å². The summed E-state index contributed by atoms with van der Waals surface area (Å²) in [6.07, 6.45) is 4.38. The van der Waals surface area contributed by atoms with Gasteiger partial charge in [0.25, 0.3) is 0 Å². The number of aromatic carboxylic acids is 1. The molecule has 0 saturated heterocycles. The summed E-state index contributed by atoms with van der Waals surface area (Å²) in [5, 5.41) is 9.05. The van der Waals surface area contributed by atoms with E-state index in [9.17, 15) is 13.2 Å². The number of benzene rings is 1. The number of halogens is 1. The molecule has 0 aromatic heterocycles. The molecule has 116 valence electrons. The number of aryl methyl sites for hydroxylation is 1. The Morgan fingerprint density at radius 1 is 1.43 bits per heavy atom. The molecule has 0 amide bonds. The van der Waals surface area contributed by atoms with E-state index >= 15 is 0 Å². The van der Waals surface area contributed by atoms with Crippen LogP contribution < -0.4 is 4.72 Å². The second-order valence-electron chi connectivity index (χ2n) is 5.39. The van der Waals surface area contributed by atoms with E-state index < -0.39 is 16.0 Å². The lowest BCUT2D eigenvalue weighted by atomic mass is 9.83. The van der Waals surface area contributed by atoms with Gasteiger partial charge in [-0.3, -0.25) is 0 Å². The number of carbonyl (C=O) groups is 1. The van der Waals surface area contributed by atoms with Crippen molar-refractivity contribution in [2.45, 2.75) is 37.5 Å². The van der Waals surface area contributed by atoms with Gasteiger partial charge in [0.2, 0.25) is 10.0 Å². The van der Waals surface area contributed by atoms with Crippen molar-refractivity contribution in [2.75, 3.05) is 6.54 Å². The van der Waals surface area contributed by atoms with Gasteiger partial charge in [0.1, 0.15) is 0 Å². The van der Waals surface area contributed by atoms with Crippen molar-refractivity contribution in [3.05, 3.63) is 27.7 Å². The molecule has 0 radical (unpaired) electrons. The van der Waals surface area contributed by atoms with Crippen molar-refractivity contribution >= 4 is 31.9 Å². The molecule has 1 saturated carbocycles. The molecule has 2 N–H and O–H groups in total. The normalized spacial score (nSPS) is 15.7. The molecule has 1 aromatic rings. The molecule has 7 heteroatoms. The minimum Gasteiger partial charge on any atom is -0.478 e. The van der Waals surface area contributed by atoms with Crippen LogP contribution in [0.25, 0.3) is 0 Å². The Balaban J connectivity index is 2.19. The first-order chi connectivity index (χ1) is 9.81. The number of sulfonamides is 1. The first kappa shape index (κ1) is 16.5. The van der Waals surface area contributed by atoms with Gasteiger partial charge in [-0.25, -0.2) is 17.9 Å². The molecular formula is C14H18BrNO4S. The maximum Gasteiger partial charge on any atom is 0.335 e. The Bertz CT molecular complexity index is 653. The summed E-state index contributed by atoms with van der Waals surface area (Å²) in [7, 11) is -3.71. The topological polar surface area (TPSA) is 83.5 Å². The van der Waals surface area contributed by atoms with Crippen molar-refractivity contribution in [2.24, 2.45) is 5.92 Å². The molecule has 1 aliphatic carbocycles. The highest BCUT2D eigenvalue weighted by Gasteiger charge is 2.23. The summed E-state index contributed by atoms with van der Waals surface area (Å²) >= 11 is 3.23. The molecule has 0 aliphatic heterocycles. The van der Waals surface area contributed by atoms with Gasteiger partial charge in [-0.15, -0.1) is 0 Å². The van der Waals surface area contributed by atoms with Crippen molar-refractivity contribution in [3.63, 3.8) is 0 Å². The van der Waals surface area contributed by atoms with Crippen LogP contribution in [0, 0.1) is 12.8 Å². The summed E-state index contributed by atoms with van der Waals surface area (Å²) in [4.78, 5) is 11.0. The summed E-state index contributed by atoms with van der Waals surface area (Å²) in [6, 6.07) is 2.63. The van der Waals surface area contributed by atoms with Gasteiger partial charge in [0.05, 0.1) is 10.5 Å². The van der Waals surface area contributed by atoms with Crippen LogP contribution in [0.15, 0.2) is 21.5 Å². The zero-order valence-corrected chi connectivity index (χ0v) is 14.1. The van der Waals surface area contributed by atoms with Crippen LogP contribution >= 0.6 is 15.9 Å². The molecule has 0 bridgehead atoms. The highest BCUT2D eigenvalue weighted by molar-refractivity contribution is 9.10. The van der Waals surface area contributed by atoms with E-state index in [0.717, 1.165) is 6.42 Å². The number of carboxylic acids is 1. The fraction of sp³-hybridized carbons (Fsp3) is 0.500. The van der Waals surface area contributed by atoms with E-state index in [-0.39, 0.29) is 10.5 Å². The Morgan fingerprint density at radius 2 is 2.10 bits per heavy atom. The Morgan fingerprint density at radius 3 is 2.62 bits per heavy atom. The highest BCUT2D eigenvalue weighted by Crippen LogP contribution is 2.30. The Labute approximate surface area is 132 Å². The van der Waals surface area contributed by atoms with Crippen molar-refractivity contribution in [1.82, 2.24) is 4.72 Å². The largest absolute Gasteiger partial charge is 0.478 e. The molecule has 0 heterocycles. The molecule has 2 rings (SSSR count). The van der Waals surface area contributed by atoms with Crippen LogP contribution in [0.2, 0.25) is 0 Å². The first-order valence-corrected chi connectivity index (χ1v) is 9.12. The van der Waals surface area contributed by atoms with E-state index in [2.05, 4.69) is 20.7 Å². The predicted molar refractivity (Wildman–Crippen MR) is 83.0 cm³/mol. The average Bonchev–Trinajstić information content (AvgIpc) is 2.35. The third-order valence-corrected chi connectivity index (χ3v) is 6.63. The maximum absolute atomic E-state index is 12.3. The van der Waals surface area contributed by atoms with E-state index in [1.165, 1.54) is 31.4 Å². The fourth-order valence-corrected chi connectivity index (χ4v) is 4.40. The fourth-order valence-electron chi connectivity index (χ4n) is 2.31. The van der Waals surface area contributed by atoms with E-state index in [1.54, 1.807) is 6.92 Å². The first-order valence-electron chi connectivity index (χ1n) is 6.84. The predicted octanol–water partition coefficient (Wildman–Crippen LogP) is 2.92. The standard InChI is InChI=1S/C14H18BrNO4S/c1-9-7-11(14(17)18)8-12(13(9)15)21(19,20)16-6-5-10-3-2-4-10/h7-8,10,16H,2-6H2,1H3,(H,17,18). The summed E-state index contributed by atoms with van der Waals surface area (Å²) < 4.78 is 27.6.